The third-order valence-electron chi connectivity index (χ3n) is 12.6. The average molecular weight is 859 g/mol. The first-order chi connectivity index (χ1) is 29.5. The molecule has 6 atom stereocenters. The molecule has 330 valence electrons. The van der Waals surface area contributed by atoms with E-state index in [-0.39, 0.29) is 42.8 Å². The number of alkyl halides is 3. The highest BCUT2D eigenvalue weighted by Crippen LogP contribution is 2.46. The Kier molecular flexibility index (Phi) is 11.5. The van der Waals surface area contributed by atoms with E-state index >= 15 is 0 Å². The van der Waals surface area contributed by atoms with E-state index < -0.39 is 48.3 Å². The number of benzene rings is 3. The van der Waals surface area contributed by atoms with Gasteiger partial charge in [0.2, 0.25) is 5.91 Å². The predicted octanol–water partition coefficient (Wildman–Crippen LogP) is 8.91. The van der Waals surface area contributed by atoms with E-state index in [1.807, 2.05) is 52.0 Å². The zero-order chi connectivity index (χ0) is 44.2. The van der Waals surface area contributed by atoms with Crippen LogP contribution in [0.1, 0.15) is 76.9 Å². The zero-order valence-corrected chi connectivity index (χ0v) is 36.0. The summed E-state index contributed by atoms with van der Waals surface area (Å²) in [5.41, 5.74) is 6.43. The van der Waals surface area contributed by atoms with Gasteiger partial charge in [-0.15, -0.1) is 0 Å². The number of carbonyl (C=O) groups excluding carboxylic acids is 3. The molecule has 0 spiro atoms. The molecular weight excluding hydrogens is 806 g/mol. The number of rotatable bonds is 9. The van der Waals surface area contributed by atoms with Crippen molar-refractivity contribution in [3.05, 3.63) is 65.6 Å². The predicted molar refractivity (Wildman–Crippen MR) is 226 cm³/mol. The van der Waals surface area contributed by atoms with Gasteiger partial charge in [0.05, 0.1) is 49.3 Å². The topological polar surface area (TPSA) is 148 Å². The van der Waals surface area contributed by atoms with Crippen LogP contribution in [0.15, 0.2) is 53.7 Å². The number of hydrogen-bond acceptors (Lipinski definition) is 9. The summed E-state index contributed by atoms with van der Waals surface area (Å²) in [6, 6.07) is 11.9. The summed E-state index contributed by atoms with van der Waals surface area (Å²) in [5, 5.41) is 4.59. The van der Waals surface area contributed by atoms with E-state index in [4.69, 9.17) is 23.9 Å². The molecule has 4 aliphatic heterocycles. The van der Waals surface area contributed by atoms with E-state index in [2.05, 4.69) is 33.5 Å². The number of hydrogen-bond donors (Lipinski definition) is 2. The quantitative estimate of drug-likeness (QED) is 0.170. The fourth-order valence-corrected chi connectivity index (χ4v) is 9.28. The van der Waals surface area contributed by atoms with Crippen molar-refractivity contribution in [2.45, 2.75) is 96.8 Å². The summed E-state index contributed by atoms with van der Waals surface area (Å²) < 4.78 is 64.8. The smallest absolute Gasteiger partial charge is 0.410 e. The lowest BCUT2D eigenvalue weighted by Gasteiger charge is -2.31. The first kappa shape index (κ1) is 43.0. The van der Waals surface area contributed by atoms with Gasteiger partial charge >= 0.3 is 18.4 Å². The van der Waals surface area contributed by atoms with Crippen molar-refractivity contribution in [3.8, 4) is 28.1 Å². The second-order valence-corrected chi connectivity index (χ2v) is 17.9. The summed E-state index contributed by atoms with van der Waals surface area (Å²) in [4.78, 5) is 55.2. The number of H-pyrrole nitrogens is 1. The van der Waals surface area contributed by atoms with Gasteiger partial charge in [0.1, 0.15) is 29.8 Å². The Labute approximate surface area is 358 Å². The molecule has 1 unspecified atom stereocenters. The minimum atomic E-state index is -4.53. The number of ether oxygens (including phenoxy) is 4. The van der Waals surface area contributed by atoms with Gasteiger partial charge in [0.25, 0.3) is 0 Å². The highest BCUT2D eigenvalue weighted by Gasteiger charge is 2.51. The summed E-state index contributed by atoms with van der Waals surface area (Å²) in [5.74, 6) is -1.61. The molecule has 5 heterocycles. The van der Waals surface area contributed by atoms with Crippen molar-refractivity contribution in [3.63, 3.8) is 0 Å². The molecule has 3 aromatic carbocycles. The van der Waals surface area contributed by atoms with Crippen molar-refractivity contribution in [2.24, 2.45) is 22.7 Å². The molecule has 0 radical (unpaired) electrons. The van der Waals surface area contributed by atoms with Crippen molar-refractivity contribution < 1.29 is 46.5 Å². The lowest BCUT2D eigenvalue weighted by atomic mass is 9.90. The third kappa shape index (κ3) is 8.32. The van der Waals surface area contributed by atoms with Crippen LogP contribution in [0.2, 0.25) is 0 Å². The van der Waals surface area contributed by atoms with Crippen molar-refractivity contribution >= 4 is 40.3 Å². The van der Waals surface area contributed by atoms with E-state index in [0.717, 1.165) is 62.2 Å². The number of aromatic nitrogens is 2. The third-order valence-corrected chi connectivity index (χ3v) is 12.6. The van der Waals surface area contributed by atoms with Crippen molar-refractivity contribution in [1.82, 2.24) is 25.1 Å². The monoisotopic (exact) mass is 858 g/mol. The number of nitrogens with zero attached hydrogens (tertiary/aromatic N) is 4. The van der Waals surface area contributed by atoms with Crippen molar-refractivity contribution in [1.29, 1.82) is 0 Å². The van der Waals surface area contributed by atoms with Gasteiger partial charge in [0.15, 0.2) is 0 Å². The van der Waals surface area contributed by atoms with E-state index in [0.29, 0.717) is 31.7 Å². The number of likely N-dealkylation sites (tertiary alicyclic amines) is 2. The first-order valence-corrected chi connectivity index (χ1v) is 21.1. The van der Waals surface area contributed by atoms with Crippen LogP contribution in [0.5, 0.6) is 5.75 Å². The molecule has 1 aromatic heterocycles. The number of fused-ring (bicyclic) bond motifs is 6. The number of imidazole rings is 1. The van der Waals surface area contributed by atoms with Gasteiger partial charge in [-0.2, -0.15) is 13.2 Å². The maximum absolute atomic E-state index is 14.1. The number of aliphatic imine (C=N–C) groups is 1. The Bertz CT molecular complexity index is 2430. The number of aromatic amines is 1. The second kappa shape index (κ2) is 16.6. The Morgan fingerprint density at radius 1 is 1.00 bits per heavy atom. The Hall–Kier alpha value is -5.64. The molecular formula is C46H53F3N6O7. The highest BCUT2D eigenvalue weighted by molar-refractivity contribution is 6.06. The van der Waals surface area contributed by atoms with E-state index in [1.165, 1.54) is 12.0 Å². The number of amides is 3. The van der Waals surface area contributed by atoms with Gasteiger partial charge in [-0.3, -0.25) is 14.7 Å². The average Bonchev–Trinajstić information content (AvgIpc) is 4.06. The second-order valence-electron chi connectivity index (χ2n) is 17.9. The van der Waals surface area contributed by atoms with Crippen LogP contribution in [-0.2, 0) is 32.0 Å². The van der Waals surface area contributed by atoms with E-state index in [1.54, 1.807) is 25.1 Å². The molecule has 2 saturated heterocycles. The lowest BCUT2D eigenvalue weighted by molar-refractivity contribution is -0.171. The summed E-state index contributed by atoms with van der Waals surface area (Å²) in [6.45, 7) is 9.99. The Balaban J connectivity index is 1.03. The van der Waals surface area contributed by atoms with Gasteiger partial charge < -0.3 is 34.1 Å². The molecule has 2 N–H and O–H groups in total. The normalized spacial score (nSPS) is 21.7. The fraction of sp³-hybridized carbons (Fsp3) is 0.500. The molecule has 16 heteroatoms. The first-order valence-electron chi connectivity index (χ1n) is 21.1. The maximum Gasteiger partial charge on any atom is 0.410 e. The van der Waals surface area contributed by atoms with Crippen LogP contribution in [0.3, 0.4) is 0 Å². The standard InChI is InChI=1S/C46H53F3N6O7/c1-8-24(2)40(53-43(57)60-7)42(56)54-21-29(46(47,48)49)16-38(54)41-50-19-36(52-41)27-9-11-30-28(14-27)23-61-39-18-31-26(15-33(30)39)10-12-34-32(31)17-35(51-34)37-13-25(22-59-6)20-55(37)44(58)62-45(3,4)5/h9-12,14-15,18-19,24-25,29,37-38,40H,8,13,16-17,20-23H2,1-7H3,(H,50,52)(H,53,57)/t24?,25-,29-,37-,38-,40-/m0/s1. The zero-order valence-electron chi connectivity index (χ0n) is 36.0. The fourth-order valence-electron chi connectivity index (χ4n) is 9.28. The minimum absolute atomic E-state index is 0.168. The van der Waals surface area contributed by atoms with Crippen LogP contribution in [0, 0.1) is 17.8 Å². The Morgan fingerprint density at radius 3 is 2.50 bits per heavy atom. The number of methoxy groups -OCH3 is 2. The molecule has 4 aliphatic rings. The van der Waals surface area contributed by atoms with Gasteiger partial charge in [-0.05, 0) is 96.8 Å². The number of nitrogens with one attached hydrogen (secondary N) is 2. The number of halogens is 3. The summed E-state index contributed by atoms with van der Waals surface area (Å²) in [7, 11) is 2.84. The van der Waals surface area contributed by atoms with E-state index in [9.17, 15) is 27.6 Å². The largest absolute Gasteiger partial charge is 0.488 e. The maximum atomic E-state index is 14.1. The van der Waals surface area contributed by atoms with Gasteiger partial charge in [-0.25, -0.2) is 14.6 Å². The van der Waals surface area contributed by atoms with Crippen LogP contribution in [-0.4, -0.2) is 101 Å². The summed E-state index contributed by atoms with van der Waals surface area (Å²) >= 11 is 0. The Morgan fingerprint density at radius 2 is 1.79 bits per heavy atom. The molecule has 0 saturated carbocycles. The van der Waals surface area contributed by atoms with Crippen LogP contribution >= 0.6 is 0 Å². The molecule has 0 aliphatic carbocycles. The molecule has 2 fully saturated rings. The molecule has 4 aromatic rings. The molecule has 0 bridgehead atoms. The van der Waals surface area contributed by atoms with Crippen LogP contribution in [0.25, 0.3) is 33.2 Å². The van der Waals surface area contributed by atoms with Crippen LogP contribution < -0.4 is 10.1 Å². The number of carbonyl (C=O) groups is 3. The molecule has 13 nitrogen and oxygen atoms in total. The van der Waals surface area contributed by atoms with Gasteiger partial charge in [0, 0.05) is 43.8 Å². The lowest BCUT2D eigenvalue weighted by Crippen LogP contribution is -2.51. The highest BCUT2D eigenvalue weighted by atomic mass is 19.4. The summed E-state index contributed by atoms with van der Waals surface area (Å²) in [6.07, 6.45) is -2.69. The molecule has 62 heavy (non-hydrogen) atoms. The minimum Gasteiger partial charge on any atom is -0.488 e. The van der Waals surface area contributed by atoms with Crippen LogP contribution in [0.4, 0.5) is 28.4 Å². The SMILES string of the molecule is CCC(C)[C@H](NC(=O)OC)C(=O)N1C[C@@H](C(F)(F)F)C[C@H]1c1ncc(-c2ccc3c(c2)COc2cc4c5c(ccc4cc2-3)N=C([C@@H]2C[C@H](COC)CN2C(=O)OC(C)(C)C)C5)[nH]1. The molecule has 8 rings (SSSR count). The molecule has 3 amide bonds. The number of alkyl carbamates (subject to hydrolysis) is 1. The van der Waals surface area contributed by atoms with Gasteiger partial charge in [-0.1, -0.05) is 38.5 Å². The van der Waals surface area contributed by atoms with Crippen molar-refractivity contribution in [2.75, 3.05) is 33.9 Å².